The van der Waals surface area contributed by atoms with Crippen LogP contribution in [0.3, 0.4) is 0 Å². The Morgan fingerprint density at radius 2 is 1.65 bits per heavy atom. The second-order valence-corrected chi connectivity index (χ2v) is 5.78. The van der Waals surface area contributed by atoms with Gasteiger partial charge in [-0.3, -0.25) is 0 Å². The van der Waals surface area contributed by atoms with Crippen molar-refractivity contribution in [1.29, 1.82) is 0 Å². The van der Waals surface area contributed by atoms with Crippen molar-refractivity contribution in [3.8, 4) is 0 Å². The molecule has 1 fully saturated rings. The van der Waals surface area contributed by atoms with Crippen LogP contribution in [0.5, 0.6) is 0 Å². The molecule has 1 aliphatic rings. The largest absolute Gasteiger partial charge is 0.389 e. The summed E-state index contributed by atoms with van der Waals surface area (Å²) < 4.78 is 24.9. The second-order valence-electron chi connectivity index (χ2n) is 5.78. The first-order valence-corrected chi connectivity index (χ1v) is 7.39. The maximum atomic E-state index is 12.4. The maximum absolute atomic E-state index is 12.4. The van der Waals surface area contributed by atoms with Crippen LogP contribution < -0.4 is 5.32 Å². The van der Waals surface area contributed by atoms with Crippen molar-refractivity contribution in [2.45, 2.75) is 57.1 Å². The van der Waals surface area contributed by atoms with Gasteiger partial charge in [0.1, 0.15) is 0 Å². The Kier molecular flexibility index (Phi) is 5.49. The molecule has 1 aliphatic carbocycles. The van der Waals surface area contributed by atoms with Gasteiger partial charge in [-0.15, -0.1) is 0 Å². The molecule has 0 aliphatic heterocycles. The van der Waals surface area contributed by atoms with Gasteiger partial charge in [0.25, 0.3) is 6.43 Å². The SMILES string of the molecule is OC1(CNCc2ccc(C(F)F)cc2)CCCCCC1. The van der Waals surface area contributed by atoms with E-state index in [1.165, 1.54) is 25.0 Å². The summed E-state index contributed by atoms with van der Waals surface area (Å²) in [6, 6.07) is 6.35. The second kappa shape index (κ2) is 7.14. The van der Waals surface area contributed by atoms with Crippen molar-refractivity contribution in [1.82, 2.24) is 5.32 Å². The fraction of sp³-hybridized carbons (Fsp3) is 0.625. The summed E-state index contributed by atoms with van der Waals surface area (Å²) in [5, 5.41) is 13.7. The molecule has 2 rings (SSSR count). The van der Waals surface area contributed by atoms with Crippen molar-refractivity contribution in [3.63, 3.8) is 0 Å². The zero-order valence-electron chi connectivity index (χ0n) is 11.7. The van der Waals surface area contributed by atoms with E-state index in [0.717, 1.165) is 31.2 Å². The van der Waals surface area contributed by atoms with Crippen LogP contribution in [0.25, 0.3) is 0 Å². The minimum absolute atomic E-state index is 0.0520. The Morgan fingerprint density at radius 1 is 1.05 bits per heavy atom. The predicted molar refractivity (Wildman–Crippen MR) is 75.8 cm³/mol. The topological polar surface area (TPSA) is 32.3 Å². The number of halogens is 2. The Hall–Kier alpha value is -1.00. The highest BCUT2D eigenvalue weighted by atomic mass is 19.3. The summed E-state index contributed by atoms with van der Waals surface area (Å²) in [4.78, 5) is 0. The molecule has 2 N–H and O–H groups in total. The summed E-state index contributed by atoms with van der Waals surface area (Å²) >= 11 is 0. The highest BCUT2D eigenvalue weighted by Crippen LogP contribution is 2.26. The van der Waals surface area contributed by atoms with E-state index < -0.39 is 12.0 Å². The Bertz CT molecular complexity index is 397. The maximum Gasteiger partial charge on any atom is 0.263 e. The molecule has 0 bridgehead atoms. The number of aliphatic hydroxyl groups is 1. The molecule has 0 saturated heterocycles. The summed E-state index contributed by atoms with van der Waals surface area (Å²) in [5.74, 6) is 0. The van der Waals surface area contributed by atoms with Crippen LogP contribution >= 0.6 is 0 Å². The fourth-order valence-electron chi connectivity index (χ4n) is 2.78. The quantitative estimate of drug-likeness (QED) is 0.806. The Balaban J connectivity index is 1.79. The molecule has 0 amide bonds. The molecule has 0 radical (unpaired) electrons. The van der Waals surface area contributed by atoms with Gasteiger partial charge in [-0.05, 0) is 18.4 Å². The highest BCUT2D eigenvalue weighted by Gasteiger charge is 2.27. The molecule has 0 atom stereocenters. The van der Waals surface area contributed by atoms with Crippen LogP contribution in [0.4, 0.5) is 8.78 Å². The Labute approximate surface area is 119 Å². The molecule has 0 unspecified atom stereocenters. The molecule has 4 heteroatoms. The minimum Gasteiger partial charge on any atom is -0.389 e. The van der Waals surface area contributed by atoms with E-state index in [2.05, 4.69) is 5.32 Å². The van der Waals surface area contributed by atoms with Crippen LogP contribution in [0, 0.1) is 0 Å². The van der Waals surface area contributed by atoms with E-state index >= 15 is 0 Å². The first kappa shape index (κ1) is 15.4. The van der Waals surface area contributed by atoms with E-state index in [1.807, 2.05) is 0 Å². The van der Waals surface area contributed by atoms with Crippen LogP contribution in [0.2, 0.25) is 0 Å². The van der Waals surface area contributed by atoms with E-state index in [9.17, 15) is 13.9 Å². The molecule has 1 aromatic rings. The Morgan fingerprint density at radius 3 is 2.20 bits per heavy atom. The number of nitrogens with one attached hydrogen (secondary N) is 1. The van der Waals surface area contributed by atoms with Crippen molar-refractivity contribution in [3.05, 3.63) is 35.4 Å². The zero-order chi connectivity index (χ0) is 14.4. The monoisotopic (exact) mass is 283 g/mol. The average Bonchev–Trinajstić information content (AvgIpc) is 2.64. The predicted octanol–water partition coefficient (Wildman–Crippen LogP) is 3.80. The summed E-state index contributed by atoms with van der Waals surface area (Å²) in [6.07, 6.45) is 3.87. The van der Waals surface area contributed by atoms with Gasteiger partial charge < -0.3 is 10.4 Å². The molecule has 0 spiro atoms. The lowest BCUT2D eigenvalue weighted by molar-refractivity contribution is 0.0250. The number of hydrogen-bond donors (Lipinski definition) is 2. The molecule has 0 aromatic heterocycles. The van der Waals surface area contributed by atoms with Crippen LogP contribution in [-0.4, -0.2) is 17.3 Å². The smallest absolute Gasteiger partial charge is 0.263 e. The minimum atomic E-state index is -2.41. The van der Waals surface area contributed by atoms with Crippen LogP contribution in [-0.2, 0) is 6.54 Å². The normalized spacial score (nSPS) is 19.0. The van der Waals surface area contributed by atoms with Gasteiger partial charge in [-0.1, -0.05) is 49.9 Å². The van der Waals surface area contributed by atoms with Gasteiger partial charge in [-0.2, -0.15) is 0 Å². The van der Waals surface area contributed by atoms with E-state index in [4.69, 9.17) is 0 Å². The van der Waals surface area contributed by atoms with E-state index in [0.29, 0.717) is 13.1 Å². The van der Waals surface area contributed by atoms with Crippen LogP contribution in [0.15, 0.2) is 24.3 Å². The lowest BCUT2D eigenvalue weighted by Gasteiger charge is -2.27. The lowest BCUT2D eigenvalue weighted by atomic mass is 9.94. The molecule has 112 valence electrons. The molecule has 1 saturated carbocycles. The van der Waals surface area contributed by atoms with Gasteiger partial charge in [-0.25, -0.2) is 8.78 Å². The fourth-order valence-corrected chi connectivity index (χ4v) is 2.78. The van der Waals surface area contributed by atoms with Gasteiger partial charge >= 0.3 is 0 Å². The molecular weight excluding hydrogens is 260 g/mol. The zero-order valence-corrected chi connectivity index (χ0v) is 11.7. The third-order valence-electron chi connectivity index (χ3n) is 4.05. The van der Waals surface area contributed by atoms with Gasteiger partial charge in [0.05, 0.1) is 5.60 Å². The molecule has 20 heavy (non-hydrogen) atoms. The third kappa shape index (κ3) is 4.53. The molecule has 2 nitrogen and oxygen atoms in total. The average molecular weight is 283 g/mol. The number of alkyl halides is 2. The third-order valence-corrected chi connectivity index (χ3v) is 4.05. The summed E-state index contributed by atoms with van der Waals surface area (Å²) in [5.41, 5.74) is 0.419. The van der Waals surface area contributed by atoms with Gasteiger partial charge in [0, 0.05) is 18.7 Å². The number of hydrogen-bond acceptors (Lipinski definition) is 2. The van der Waals surface area contributed by atoms with Crippen molar-refractivity contribution in [2.24, 2.45) is 0 Å². The number of rotatable bonds is 5. The molecule has 1 aromatic carbocycles. The molecule has 0 heterocycles. The summed E-state index contributed by atoms with van der Waals surface area (Å²) in [7, 11) is 0. The van der Waals surface area contributed by atoms with Crippen molar-refractivity contribution < 1.29 is 13.9 Å². The lowest BCUT2D eigenvalue weighted by Crippen LogP contribution is -2.39. The van der Waals surface area contributed by atoms with Crippen molar-refractivity contribution >= 4 is 0 Å². The standard InChI is InChI=1S/C16H23F2NO/c17-15(18)14-7-5-13(6-8-14)11-19-12-16(20)9-3-1-2-4-10-16/h5-8,15,19-20H,1-4,9-12H2. The summed E-state index contributed by atoms with van der Waals surface area (Å²) in [6.45, 7) is 1.18. The van der Waals surface area contributed by atoms with Crippen LogP contribution in [0.1, 0.15) is 56.1 Å². The van der Waals surface area contributed by atoms with Gasteiger partial charge in [0.2, 0.25) is 0 Å². The van der Waals surface area contributed by atoms with Gasteiger partial charge in [0.15, 0.2) is 0 Å². The van der Waals surface area contributed by atoms with E-state index in [-0.39, 0.29) is 5.56 Å². The highest BCUT2D eigenvalue weighted by molar-refractivity contribution is 5.23. The van der Waals surface area contributed by atoms with E-state index in [1.54, 1.807) is 12.1 Å². The van der Waals surface area contributed by atoms with Crippen molar-refractivity contribution in [2.75, 3.05) is 6.54 Å². The number of benzene rings is 1. The first-order chi connectivity index (χ1) is 9.59. The molecular formula is C16H23F2NO. The first-order valence-electron chi connectivity index (χ1n) is 7.39.